The van der Waals surface area contributed by atoms with Crippen LogP contribution in [-0.4, -0.2) is 181 Å². The number of hydrogen-bond donors (Lipinski definition) is 0. The molecule has 8 nitrogen and oxygen atoms in total. The van der Waals surface area contributed by atoms with Crippen LogP contribution < -0.4 is 0 Å². The highest BCUT2D eigenvalue weighted by Gasteiger charge is 2.64. The predicted molar refractivity (Wildman–Crippen MR) is 608 cm³/mol. The topological polar surface area (TPSA) is 73.8 Å². The molecule has 1 saturated carbocycles. The maximum atomic E-state index is 6.47. The summed E-state index contributed by atoms with van der Waals surface area (Å²) in [5.74, 6) is 3.15. The lowest BCUT2D eigenvalue weighted by atomic mass is 9.72. The Labute approximate surface area is 765 Å². The van der Waals surface area contributed by atoms with Gasteiger partial charge in [0.05, 0.1) is 0 Å². The summed E-state index contributed by atoms with van der Waals surface area (Å²) in [6.07, 6.45) is 8.89. The summed E-state index contributed by atoms with van der Waals surface area (Å²) >= 11 is 0. The third-order valence-corrected chi connectivity index (χ3v) is 287. The van der Waals surface area contributed by atoms with E-state index in [1.54, 1.807) is 18.1 Å². The Hall–Kier alpha value is 4.67. The van der Waals surface area contributed by atoms with Crippen LogP contribution in [0.1, 0.15) is 142 Å². The molecule has 31 heteroatoms. The smallest absolute Gasteiger partial charge is 0.317 e. The van der Waals surface area contributed by atoms with Gasteiger partial charge >= 0.3 is 51.4 Å². The highest BCUT2D eigenvalue weighted by Crippen LogP contribution is 2.48. The van der Waals surface area contributed by atoms with Crippen LogP contribution in [0.25, 0.3) is 0 Å². The fraction of sp³-hybridized carbons (Fsp3) is 1.00. The van der Waals surface area contributed by atoms with Crippen LogP contribution in [0.2, 0.25) is 376 Å². The van der Waals surface area contributed by atoms with E-state index in [1.165, 1.54) is 50.6 Å². The fourth-order valence-electron chi connectivity index (χ4n) is 26.2. The first-order valence-corrected chi connectivity index (χ1v) is 128. The Balaban J connectivity index is -0.000000418. The Morgan fingerprint density at radius 3 is 0.786 bits per heavy atom. The van der Waals surface area contributed by atoms with Crippen molar-refractivity contribution in [2.75, 3.05) is 0 Å². The third kappa shape index (κ3) is 49.8. The second-order valence-corrected chi connectivity index (χ2v) is 227. The van der Waals surface area contributed by atoms with Gasteiger partial charge in [-0.05, 0) is 202 Å². The average Bonchev–Trinajstić information content (AvgIpc) is 0.733. The van der Waals surface area contributed by atoms with Crippen molar-refractivity contribution in [1.82, 2.24) is 0 Å². The molecule has 0 bridgehead atoms. The molecule has 1 aliphatic carbocycles. The van der Waals surface area contributed by atoms with Gasteiger partial charge < -0.3 is 32.9 Å². The lowest BCUT2D eigenvalue weighted by Gasteiger charge is -2.59. The van der Waals surface area contributed by atoms with Gasteiger partial charge in [-0.1, -0.05) is 356 Å². The van der Waals surface area contributed by atoms with Crippen LogP contribution in [0.4, 0.5) is 0 Å². The van der Waals surface area contributed by atoms with Gasteiger partial charge in [-0.3, -0.25) is 0 Å². The predicted octanol–water partition coefficient (Wildman–Crippen LogP) is 34.2. The molecule has 2 rings (SSSR count). The van der Waals surface area contributed by atoms with Crippen molar-refractivity contribution < 1.29 is 32.9 Å². The molecule has 712 valence electrons. The van der Waals surface area contributed by atoms with Gasteiger partial charge in [0.25, 0.3) is 0 Å². The summed E-state index contributed by atoms with van der Waals surface area (Å²) in [5.41, 5.74) is 1.48. The average molecular weight is 2040 g/mol. The fourth-order valence-corrected chi connectivity index (χ4v) is 379. The Morgan fingerprint density at radius 1 is 0.316 bits per heavy atom. The van der Waals surface area contributed by atoms with Gasteiger partial charge in [0.1, 0.15) is 0 Å². The maximum absolute atomic E-state index is 6.47. The van der Waals surface area contributed by atoms with E-state index in [9.17, 15) is 0 Å². The lowest BCUT2D eigenvalue weighted by molar-refractivity contribution is 0.178. The van der Waals surface area contributed by atoms with Crippen LogP contribution >= 0.6 is 0 Å². The molecule has 2 aliphatic rings. The molecule has 1 heterocycles. The Kier molecular flexibility index (Phi) is 51.3. The largest absolute Gasteiger partial charge is 0.437 e. The standard InChI is InChI=1S/C14H38Si4.C13H36Si4.C13H28Si.C12H32O2Si3.C12H34Si4.C11H30O4Si4.C11H30O2Si3/c1-14(2,3)13-18(15(4,5)6,16(7,8)9)17(10,11)12;1-13(2)12-17(14(3,4)5,15(6,7)8)16(9,10)11;1-13(2,11-14(3,4)5)12-9-7-6-8-10-12;1-12(2,3)11-16(7,8)14-17(9,10)13-15(4,5)6;1-11-12-16(13(2,3)4,14(5,6)7)15(8,9)10;1-11(2)10-19(9)14-17(5,6)12-16(3,4)13-18(7,8)15-19;1-11(2)10-16(9,12-14(3,4)5)13-15(6,7)8/h13H2,1-12H3;13H,12H2,1-11H3;12H,6-11H2,1-5H3;11H2,1-10H3;11-12H2,1-10H3;11H,10H2,1-9H3;11H,10H2,1-9H3. The van der Waals surface area contributed by atoms with E-state index >= 15 is 0 Å². The molecule has 0 amide bonds. The second kappa shape index (κ2) is 46.1. The van der Waals surface area contributed by atoms with E-state index in [0.717, 1.165) is 23.9 Å². The van der Waals surface area contributed by atoms with Gasteiger partial charge in [-0.15, -0.1) is 0 Å². The first-order valence-electron chi connectivity index (χ1n) is 47.6. The minimum Gasteiger partial charge on any atom is -0.437 e. The van der Waals surface area contributed by atoms with Crippen molar-refractivity contribution in [2.24, 2.45) is 39.9 Å². The molecule has 0 aromatic carbocycles. The molecule has 0 atom stereocenters. The SMILES string of the molecule is CC(C)(C)C[Si](C)(C)O[Si](C)(C)O[Si](C)(C)C.CC(C)(C)C[Si]([Si](C)(C)C)([Si](C)(C)C)[Si](C)(C)C.CC(C)(C[Si](C)(C)C)C1CCCCC1.CC(C)C[Si](C)(O[Si](C)(C)C)O[Si](C)(C)C.CC(C)C[Si]([Si](C)(C)C)([Si](C)(C)C)[Si](C)(C)C.CC(C)C[Si]1(C)O[Si](C)(C)O[Si](C)(C)O[Si](C)(C)O1.CCC[Si]([Si](C)(C)C)([Si](C)(C)C)[Si](C)(C)C. The van der Waals surface area contributed by atoms with E-state index in [2.05, 4.69) is 438 Å². The van der Waals surface area contributed by atoms with Crippen molar-refractivity contribution in [3.05, 3.63) is 0 Å². The molecule has 0 unspecified atom stereocenters. The van der Waals surface area contributed by atoms with Gasteiger partial charge in [0.2, 0.25) is 0 Å². The van der Waals surface area contributed by atoms with Gasteiger partial charge in [-0.25, -0.2) is 0 Å². The molecule has 2 fully saturated rings. The Morgan fingerprint density at radius 2 is 0.590 bits per heavy atom. The number of rotatable bonds is 30. The molecule has 0 aromatic heterocycles. The van der Waals surface area contributed by atoms with Crippen LogP contribution in [0.15, 0.2) is 0 Å². The van der Waals surface area contributed by atoms with E-state index < -0.39 is 181 Å². The van der Waals surface area contributed by atoms with Crippen LogP contribution in [0.3, 0.4) is 0 Å². The minimum atomic E-state index is -2.22. The Bertz CT molecular complexity index is 2620. The van der Waals surface area contributed by atoms with Crippen LogP contribution in [0.5, 0.6) is 0 Å². The summed E-state index contributed by atoms with van der Waals surface area (Å²) < 4.78 is 51.1. The monoisotopic (exact) mass is 2030 g/mol. The zero-order valence-corrected chi connectivity index (χ0v) is 117. The zero-order chi connectivity index (χ0) is 96.2. The van der Waals surface area contributed by atoms with Gasteiger partial charge in [0, 0.05) is 96.3 Å². The normalized spacial score (nSPS) is 18.2. The van der Waals surface area contributed by atoms with E-state index in [4.69, 9.17) is 32.9 Å². The van der Waals surface area contributed by atoms with Gasteiger partial charge in [0.15, 0.2) is 33.3 Å². The van der Waals surface area contributed by atoms with Crippen molar-refractivity contribution >= 4 is 181 Å². The summed E-state index contributed by atoms with van der Waals surface area (Å²) in [6, 6.07) is 9.63. The molecule has 117 heavy (non-hydrogen) atoms. The van der Waals surface area contributed by atoms with Crippen LogP contribution in [-0.2, 0) is 32.9 Å². The summed E-state index contributed by atoms with van der Waals surface area (Å²) in [7, 11) is -28.7. The van der Waals surface area contributed by atoms with Crippen LogP contribution in [0, 0.1) is 39.9 Å². The van der Waals surface area contributed by atoms with Crippen molar-refractivity contribution in [3.8, 4) is 0 Å². The second-order valence-electron chi connectivity index (χ2n) is 57.8. The van der Waals surface area contributed by atoms with Crippen molar-refractivity contribution in [1.29, 1.82) is 0 Å². The summed E-state index contributed by atoms with van der Waals surface area (Å²) in [6.45, 7) is 159. The molecule has 0 aromatic rings. The lowest BCUT2D eigenvalue weighted by Crippen LogP contribution is -2.83. The zero-order valence-electron chi connectivity index (χ0n) is 93.8. The molecule has 1 saturated heterocycles. The molecule has 0 radical (unpaired) electrons. The van der Waals surface area contributed by atoms with E-state index in [-0.39, 0.29) is 0 Å². The first-order chi connectivity index (χ1) is 49.9. The molecule has 0 spiro atoms. The molecular weight excluding hydrogens is 1810 g/mol. The quantitative estimate of drug-likeness (QED) is 0.0659. The van der Waals surface area contributed by atoms with Gasteiger partial charge in [-0.2, -0.15) is 0 Å². The minimum absolute atomic E-state index is 0.347. The summed E-state index contributed by atoms with van der Waals surface area (Å²) in [4.78, 5) is 0. The molecule has 0 N–H and O–H groups in total. The maximum Gasteiger partial charge on any atom is 0.317 e. The van der Waals surface area contributed by atoms with E-state index in [0.29, 0.717) is 28.1 Å². The number of hydrogen-bond acceptors (Lipinski definition) is 8. The third-order valence-electron chi connectivity index (χ3n) is 23.9. The first kappa shape index (κ1) is 130. The summed E-state index contributed by atoms with van der Waals surface area (Å²) in [5, 5.41) is 0. The van der Waals surface area contributed by atoms with E-state index in [1.807, 2.05) is 0 Å². The molecular formula is C86H228O8Si23. The molecule has 1 aliphatic heterocycles. The van der Waals surface area contributed by atoms with Crippen molar-refractivity contribution in [3.63, 3.8) is 0 Å². The highest BCUT2D eigenvalue weighted by atomic mass is 29.9. The highest BCUT2D eigenvalue weighted by molar-refractivity contribution is 7.91. The van der Waals surface area contributed by atoms with Crippen molar-refractivity contribution in [2.45, 2.75) is 519 Å².